The first-order valence-corrected chi connectivity index (χ1v) is 9.80. The SMILES string of the molecule is CCc1nccc(-c2cccnc2Oc2cc(C(=O)NCC(F)(F)C(F)(F)F)ccc2C)n1. The van der Waals surface area contributed by atoms with Crippen molar-refractivity contribution < 1.29 is 31.5 Å². The van der Waals surface area contributed by atoms with Gasteiger partial charge in [0.05, 0.1) is 17.8 Å². The van der Waals surface area contributed by atoms with Gasteiger partial charge in [0.15, 0.2) is 0 Å². The number of aromatic nitrogens is 3. The number of hydrogen-bond donors (Lipinski definition) is 1. The number of alkyl halides is 5. The largest absolute Gasteiger partial charge is 0.455 e. The monoisotopic (exact) mass is 466 g/mol. The molecule has 0 fully saturated rings. The number of hydrogen-bond acceptors (Lipinski definition) is 5. The lowest BCUT2D eigenvalue weighted by Crippen LogP contribution is -2.46. The van der Waals surface area contributed by atoms with E-state index in [1.165, 1.54) is 24.4 Å². The summed E-state index contributed by atoms with van der Waals surface area (Å²) in [4.78, 5) is 25.0. The summed E-state index contributed by atoms with van der Waals surface area (Å²) >= 11 is 0. The van der Waals surface area contributed by atoms with E-state index >= 15 is 0 Å². The lowest BCUT2D eigenvalue weighted by molar-refractivity contribution is -0.278. The first kappa shape index (κ1) is 24.0. The predicted octanol–water partition coefficient (Wildman–Crippen LogP) is 5.13. The van der Waals surface area contributed by atoms with Crippen LogP contribution in [0.5, 0.6) is 11.6 Å². The Kier molecular flexibility index (Phi) is 6.89. The van der Waals surface area contributed by atoms with Crippen LogP contribution < -0.4 is 10.1 Å². The highest BCUT2D eigenvalue weighted by Crippen LogP contribution is 2.35. The molecule has 0 saturated carbocycles. The summed E-state index contributed by atoms with van der Waals surface area (Å²) in [7, 11) is 0. The minimum atomic E-state index is -5.77. The van der Waals surface area contributed by atoms with E-state index in [1.807, 2.05) is 6.92 Å². The Morgan fingerprint density at radius 1 is 1.06 bits per heavy atom. The molecule has 11 heteroatoms. The summed E-state index contributed by atoms with van der Waals surface area (Å²) in [5.41, 5.74) is 1.54. The van der Waals surface area contributed by atoms with Crippen LogP contribution in [0.3, 0.4) is 0 Å². The van der Waals surface area contributed by atoms with E-state index in [1.54, 1.807) is 36.6 Å². The van der Waals surface area contributed by atoms with E-state index < -0.39 is 24.6 Å². The van der Waals surface area contributed by atoms with Gasteiger partial charge >= 0.3 is 12.1 Å². The molecule has 0 aliphatic carbocycles. The number of carbonyl (C=O) groups excluding carboxylic acids is 1. The van der Waals surface area contributed by atoms with E-state index in [0.29, 0.717) is 29.1 Å². The molecule has 1 amide bonds. The van der Waals surface area contributed by atoms with E-state index in [0.717, 1.165) is 0 Å². The Balaban J connectivity index is 1.85. The molecule has 3 rings (SSSR count). The molecule has 0 aliphatic rings. The molecule has 0 unspecified atom stereocenters. The molecule has 2 heterocycles. The maximum Gasteiger partial charge on any atom is 0.455 e. The second-order valence-corrected chi connectivity index (χ2v) is 7.04. The zero-order chi connectivity index (χ0) is 24.2. The van der Waals surface area contributed by atoms with Gasteiger partial charge in [0.2, 0.25) is 5.88 Å². The molecule has 2 aromatic heterocycles. The highest BCUT2D eigenvalue weighted by atomic mass is 19.4. The third-order valence-electron chi connectivity index (χ3n) is 4.61. The second-order valence-electron chi connectivity index (χ2n) is 7.04. The van der Waals surface area contributed by atoms with Gasteiger partial charge in [-0.2, -0.15) is 22.0 Å². The van der Waals surface area contributed by atoms with Crippen molar-refractivity contribution >= 4 is 5.91 Å². The summed E-state index contributed by atoms with van der Waals surface area (Å²) in [5.74, 6) is -5.19. The zero-order valence-corrected chi connectivity index (χ0v) is 17.6. The van der Waals surface area contributed by atoms with Crippen molar-refractivity contribution in [3.63, 3.8) is 0 Å². The van der Waals surface area contributed by atoms with E-state index in [9.17, 15) is 26.7 Å². The summed E-state index contributed by atoms with van der Waals surface area (Å²) in [5, 5.41) is 1.61. The number of amides is 1. The Hall–Kier alpha value is -3.63. The standard InChI is InChI=1S/C22H19F5N4O2/c1-3-18-28-10-8-16(31-18)15-5-4-9-29-20(15)33-17-11-14(7-6-13(17)2)19(32)30-12-21(23,24)22(25,26)27/h4-11H,3,12H2,1-2H3,(H,30,32). The van der Waals surface area contributed by atoms with E-state index in [4.69, 9.17) is 4.74 Å². The summed E-state index contributed by atoms with van der Waals surface area (Å²) < 4.78 is 69.1. The van der Waals surface area contributed by atoms with Crippen molar-refractivity contribution in [3.8, 4) is 22.9 Å². The smallest absolute Gasteiger partial charge is 0.438 e. The summed E-state index contributed by atoms with van der Waals surface area (Å²) in [6.45, 7) is 1.71. The first-order chi connectivity index (χ1) is 15.5. The van der Waals surface area contributed by atoms with Gasteiger partial charge < -0.3 is 10.1 Å². The molecule has 174 valence electrons. The van der Waals surface area contributed by atoms with Crippen molar-refractivity contribution in [2.24, 2.45) is 0 Å². The van der Waals surface area contributed by atoms with Crippen LogP contribution in [0.15, 0.2) is 48.8 Å². The summed E-state index contributed by atoms with van der Waals surface area (Å²) in [6.07, 6.45) is -2.06. The number of aryl methyl sites for hydroxylation is 2. The maximum atomic E-state index is 13.1. The van der Waals surface area contributed by atoms with Crippen LogP contribution in [-0.2, 0) is 6.42 Å². The molecule has 0 radical (unpaired) electrons. The van der Waals surface area contributed by atoms with Crippen LogP contribution in [0.1, 0.15) is 28.7 Å². The number of halogens is 5. The number of carbonyl (C=O) groups is 1. The molecule has 0 atom stereocenters. The normalized spacial score (nSPS) is 11.8. The fraction of sp³-hybridized carbons (Fsp3) is 0.273. The number of rotatable bonds is 7. The Morgan fingerprint density at radius 3 is 2.52 bits per heavy atom. The van der Waals surface area contributed by atoms with Gasteiger partial charge in [-0.1, -0.05) is 13.0 Å². The average molecular weight is 466 g/mol. The first-order valence-electron chi connectivity index (χ1n) is 9.80. The Labute approximate surface area is 185 Å². The fourth-order valence-corrected chi connectivity index (χ4v) is 2.74. The molecular formula is C22H19F5N4O2. The second kappa shape index (κ2) is 9.47. The van der Waals surface area contributed by atoms with Crippen molar-refractivity contribution in [2.45, 2.75) is 32.4 Å². The van der Waals surface area contributed by atoms with Crippen LogP contribution in [-0.4, -0.2) is 39.5 Å². The van der Waals surface area contributed by atoms with Gasteiger partial charge in [-0.05, 0) is 42.8 Å². The zero-order valence-electron chi connectivity index (χ0n) is 17.6. The maximum absolute atomic E-state index is 13.1. The third kappa shape index (κ3) is 5.60. The van der Waals surface area contributed by atoms with Crippen LogP contribution in [0.2, 0.25) is 0 Å². The average Bonchev–Trinajstić information content (AvgIpc) is 2.78. The van der Waals surface area contributed by atoms with Crippen molar-refractivity contribution in [1.29, 1.82) is 0 Å². The Morgan fingerprint density at radius 2 is 1.82 bits per heavy atom. The third-order valence-corrected chi connectivity index (χ3v) is 4.61. The molecule has 0 saturated heterocycles. The highest BCUT2D eigenvalue weighted by molar-refractivity contribution is 5.94. The number of nitrogens with one attached hydrogen (secondary N) is 1. The van der Waals surface area contributed by atoms with E-state index in [2.05, 4.69) is 15.0 Å². The lowest BCUT2D eigenvalue weighted by Gasteiger charge is -2.20. The van der Waals surface area contributed by atoms with Crippen LogP contribution in [0, 0.1) is 6.92 Å². The van der Waals surface area contributed by atoms with Crippen LogP contribution in [0.25, 0.3) is 11.3 Å². The van der Waals surface area contributed by atoms with Crippen molar-refractivity contribution in [3.05, 3.63) is 65.7 Å². The molecular weight excluding hydrogens is 447 g/mol. The molecule has 0 aliphatic heterocycles. The minimum absolute atomic E-state index is 0.152. The molecule has 33 heavy (non-hydrogen) atoms. The van der Waals surface area contributed by atoms with Gasteiger partial charge in [0.25, 0.3) is 5.91 Å². The topological polar surface area (TPSA) is 77.0 Å². The van der Waals surface area contributed by atoms with E-state index in [-0.39, 0.29) is 17.2 Å². The molecule has 1 aromatic carbocycles. The molecule has 0 bridgehead atoms. The van der Waals surface area contributed by atoms with Crippen molar-refractivity contribution in [2.75, 3.05) is 6.54 Å². The number of ether oxygens (including phenoxy) is 1. The minimum Gasteiger partial charge on any atom is -0.438 e. The summed E-state index contributed by atoms with van der Waals surface area (Å²) in [6, 6.07) is 9.12. The van der Waals surface area contributed by atoms with Gasteiger partial charge in [0, 0.05) is 24.4 Å². The van der Waals surface area contributed by atoms with Gasteiger partial charge in [-0.25, -0.2) is 15.0 Å². The fourth-order valence-electron chi connectivity index (χ4n) is 2.74. The van der Waals surface area contributed by atoms with Crippen LogP contribution in [0.4, 0.5) is 22.0 Å². The van der Waals surface area contributed by atoms with Crippen LogP contribution >= 0.6 is 0 Å². The Bertz CT molecular complexity index is 1150. The van der Waals surface area contributed by atoms with Gasteiger partial charge in [-0.15, -0.1) is 0 Å². The van der Waals surface area contributed by atoms with Crippen molar-refractivity contribution in [1.82, 2.24) is 20.3 Å². The number of nitrogens with zero attached hydrogens (tertiary/aromatic N) is 3. The molecule has 6 nitrogen and oxygen atoms in total. The molecule has 0 spiro atoms. The molecule has 1 N–H and O–H groups in total. The van der Waals surface area contributed by atoms with Gasteiger partial charge in [0.1, 0.15) is 11.6 Å². The quantitative estimate of drug-likeness (QED) is 0.489. The highest BCUT2D eigenvalue weighted by Gasteiger charge is 2.57. The lowest BCUT2D eigenvalue weighted by atomic mass is 10.1. The van der Waals surface area contributed by atoms with Gasteiger partial charge in [-0.3, -0.25) is 4.79 Å². The number of pyridine rings is 1. The predicted molar refractivity (Wildman–Crippen MR) is 109 cm³/mol. The molecule has 3 aromatic rings. The number of benzene rings is 1.